The molecule has 2 aromatic rings. The molecule has 2 aromatic carbocycles. The first-order valence-corrected chi connectivity index (χ1v) is 6.15. The minimum absolute atomic E-state index is 0.344. The van der Waals surface area contributed by atoms with Gasteiger partial charge < -0.3 is 9.47 Å². The molecule has 0 spiro atoms. The second-order valence-corrected chi connectivity index (χ2v) is 4.52. The Hall–Kier alpha value is -1.71. The van der Waals surface area contributed by atoms with E-state index in [2.05, 4.69) is 0 Å². The summed E-state index contributed by atoms with van der Waals surface area (Å²) < 4.78 is 10.7. The van der Waals surface area contributed by atoms with Gasteiger partial charge in [-0.15, -0.1) is 0 Å². The second kappa shape index (κ2) is 5.95. The molecule has 0 saturated carbocycles. The maximum absolute atomic E-state index is 10.6. The zero-order chi connectivity index (χ0) is 13.8. The van der Waals surface area contributed by atoms with Crippen molar-refractivity contribution in [3.05, 3.63) is 52.0 Å². The molecule has 0 fully saturated rings. The van der Waals surface area contributed by atoms with Gasteiger partial charge in [0.1, 0.15) is 23.5 Å². The molecule has 19 heavy (non-hydrogen) atoms. The highest BCUT2D eigenvalue weighted by molar-refractivity contribution is 6.33. The van der Waals surface area contributed by atoms with Gasteiger partial charge in [0.25, 0.3) is 0 Å². The minimum Gasteiger partial charge on any atom is -0.497 e. The van der Waals surface area contributed by atoms with Gasteiger partial charge in [0, 0.05) is 11.6 Å². The van der Waals surface area contributed by atoms with E-state index in [9.17, 15) is 4.79 Å². The van der Waals surface area contributed by atoms with Crippen LogP contribution < -0.4 is 9.47 Å². The lowest BCUT2D eigenvalue weighted by Crippen LogP contribution is -1.89. The van der Waals surface area contributed by atoms with E-state index >= 15 is 0 Å². The summed E-state index contributed by atoms with van der Waals surface area (Å²) in [6.07, 6.45) is 0.718. The average Bonchev–Trinajstić information content (AvgIpc) is 2.42. The van der Waals surface area contributed by atoms with Gasteiger partial charge in [-0.25, -0.2) is 0 Å². The number of carbonyl (C=O) groups is 1. The topological polar surface area (TPSA) is 35.5 Å². The molecule has 0 aliphatic rings. The number of hydrogen-bond donors (Lipinski definition) is 0. The van der Waals surface area contributed by atoms with Crippen molar-refractivity contribution in [3.63, 3.8) is 0 Å². The van der Waals surface area contributed by atoms with Crippen molar-refractivity contribution >= 4 is 29.5 Å². The molecule has 0 radical (unpaired) electrons. The Kier molecular flexibility index (Phi) is 4.30. The average molecular weight is 297 g/mol. The molecule has 0 aliphatic heterocycles. The Balaban J connectivity index is 2.28. The van der Waals surface area contributed by atoms with Crippen LogP contribution >= 0.6 is 23.2 Å². The van der Waals surface area contributed by atoms with Crippen molar-refractivity contribution in [2.75, 3.05) is 7.11 Å². The molecule has 0 N–H and O–H groups in total. The summed E-state index contributed by atoms with van der Waals surface area (Å²) in [7, 11) is 1.56. The second-order valence-electron chi connectivity index (χ2n) is 3.71. The quantitative estimate of drug-likeness (QED) is 0.773. The van der Waals surface area contributed by atoms with Crippen LogP contribution in [0.25, 0.3) is 0 Å². The summed E-state index contributed by atoms with van der Waals surface area (Å²) in [5, 5.41) is 0.756. The lowest BCUT2D eigenvalue weighted by atomic mass is 10.2. The van der Waals surface area contributed by atoms with E-state index in [4.69, 9.17) is 32.7 Å². The molecule has 0 aromatic heterocycles. The number of hydrogen-bond acceptors (Lipinski definition) is 3. The van der Waals surface area contributed by atoms with Crippen LogP contribution in [0.1, 0.15) is 10.4 Å². The Morgan fingerprint density at radius 2 is 1.63 bits per heavy atom. The van der Waals surface area contributed by atoms with E-state index in [1.54, 1.807) is 37.4 Å². The molecular weight excluding hydrogens is 287 g/mol. The Labute approximate surface area is 120 Å². The molecule has 0 heterocycles. The van der Waals surface area contributed by atoms with E-state index < -0.39 is 0 Å². The van der Waals surface area contributed by atoms with Gasteiger partial charge in [-0.3, -0.25) is 4.79 Å². The Morgan fingerprint density at radius 3 is 2.16 bits per heavy atom. The summed E-state index contributed by atoms with van der Waals surface area (Å²) in [4.78, 5) is 10.6. The summed E-state index contributed by atoms with van der Waals surface area (Å²) in [5.41, 5.74) is 0.484. The van der Waals surface area contributed by atoms with Gasteiger partial charge in [-0.1, -0.05) is 23.2 Å². The van der Waals surface area contributed by atoms with Crippen molar-refractivity contribution in [1.82, 2.24) is 0 Å². The molecule has 0 amide bonds. The molecule has 0 bridgehead atoms. The number of methoxy groups -OCH3 is 1. The van der Waals surface area contributed by atoms with Crippen LogP contribution in [0, 0.1) is 0 Å². The smallest absolute Gasteiger partial charge is 0.150 e. The van der Waals surface area contributed by atoms with Gasteiger partial charge in [0.05, 0.1) is 17.2 Å². The SMILES string of the molecule is COc1ccc(Oc2ccc(C=O)cc2Cl)c(Cl)c1. The fourth-order valence-corrected chi connectivity index (χ4v) is 1.92. The summed E-state index contributed by atoms with van der Waals surface area (Å²) in [6, 6.07) is 9.82. The predicted octanol–water partition coefficient (Wildman–Crippen LogP) is 4.61. The number of benzene rings is 2. The maximum Gasteiger partial charge on any atom is 0.150 e. The van der Waals surface area contributed by atoms with Crippen LogP contribution in [0.3, 0.4) is 0 Å². The number of aldehydes is 1. The minimum atomic E-state index is 0.344. The van der Waals surface area contributed by atoms with Crippen LogP contribution in [-0.4, -0.2) is 13.4 Å². The van der Waals surface area contributed by atoms with E-state index in [0.717, 1.165) is 6.29 Å². The number of carbonyl (C=O) groups excluding carboxylic acids is 1. The van der Waals surface area contributed by atoms with E-state index in [1.807, 2.05) is 0 Å². The third kappa shape index (κ3) is 3.19. The Morgan fingerprint density at radius 1 is 1.00 bits per heavy atom. The molecule has 0 saturated heterocycles. The van der Waals surface area contributed by atoms with Gasteiger partial charge in [0.2, 0.25) is 0 Å². The number of ether oxygens (including phenoxy) is 2. The normalized spacial score (nSPS) is 10.1. The van der Waals surface area contributed by atoms with Gasteiger partial charge in [-0.05, 0) is 30.3 Å². The monoisotopic (exact) mass is 296 g/mol. The van der Waals surface area contributed by atoms with Crippen molar-refractivity contribution in [3.8, 4) is 17.2 Å². The van der Waals surface area contributed by atoms with E-state index in [0.29, 0.717) is 32.9 Å². The van der Waals surface area contributed by atoms with Crippen LogP contribution in [0.15, 0.2) is 36.4 Å². The first kappa shape index (κ1) is 13.7. The highest BCUT2D eigenvalue weighted by Gasteiger charge is 2.08. The standard InChI is InChI=1S/C14H10Cl2O3/c1-18-10-3-5-14(12(16)7-10)19-13-4-2-9(8-17)6-11(13)15/h2-8H,1H3. The zero-order valence-corrected chi connectivity index (χ0v) is 11.5. The third-order valence-electron chi connectivity index (χ3n) is 2.45. The van der Waals surface area contributed by atoms with Crippen molar-refractivity contribution < 1.29 is 14.3 Å². The molecule has 5 heteroatoms. The van der Waals surface area contributed by atoms with Crippen LogP contribution in [-0.2, 0) is 0 Å². The zero-order valence-electron chi connectivity index (χ0n) is 10.0. The molecule has 0 atom stereocenters. The molecule has 0 aliphatic carbocycles. The Bertz CT molecular complexity index is 612. The largest absolute Gasteiger partial charge is 0.497 e. The highest BCUT2D eigenvalue weighted by Crippen LogP contribution is 2.35. The van der Waals surface area contributed by atoms with Crippen LogP contribution in [0.4, 0.5) is 0 Å². The predicted molar refractivity (Wildman–Crippen MR) is 74.9 cm³/mol. The van der Waals surface area contributed by atoms with Crippen molar-refractivity contribution in [1.29, 1.82) is 0 Å². The first-order chi connectivity index (χ1) is 9.13. The van der Waals surface area contributed by atoms with Crippen molar-refractivity contribution in [2.24, 2.45) is 0 Å². The number of halogens is 2. The summed E-state index contributed by atoms with van der Waals surface area (Å²) in [5.74, 6) is 1.53. The molecule has 2 rings (SSSR count). The maximum atomic E-state index is 10.6. The third-order valence-corrected chi connectivity index (χ3v) is 3.04. The highest BCUT2D eigenvalue weighted by atomic mass is 35.5. The first-order valence-electron chi connectivity index (χ1n) is 5.40. The fraction of sp³-hybridized carbons (Fsp3) is 0.0714. The van der Waals surface area contributed by atoms with Crippen LogP contribution in [0.5, 0.6) is 17.2 Å². The van der Waals surface area contributed by atoms with E-state index in [1.165, 1.54) is 6.07 Å². The molecular formula is C14H10Cl2O3. The summed E-state index contributed by atoms with van der Waals surface area (Å²) >= 11 is 12.1. The van der Waals surface area contributed by atoms with Gasteiger partial charge in [-0.2, -0.15) is 0 Å². The van der Waals surface area contributed by atoms with Gasteiger partial charge in [0.15, 0.2) is 0 Å². The molecule has 3 nitrogen and oxygen atoms in total. The number of rotatable bonds is 4. The molecule has 0 unspecified atom stereocenters. The summed E-state index contributed by atoms with van der Waals surface area (Å²) in [6.45, 7) is 0. The lowest BCUT2D eigenvalue weighted by molar-refractivity contribution is 0.112. The van der Waals surface area contributed by atoms with Crippen LogP contribution in [0.2, 0.25) is 10.0 Å². The fourth-order valence-electron chi connectivity index (χ4n) is 1.48. The van der Waals surface area contributed by atoms with Crippen molar-refractivity contribution in [2.45, 2.75) is 0 Å². The van der Waals surface area contributed by atoms with E-state index in [-0.39, 0.29) is 0 Å². The molecule has 98 valence electrons. The lowest BCUT2D eigenvalue weighted by Gasteiger charge is -2.10. The van der Waals surface area contributed by atoms with Gasteiger partial charge >= 0.3 is 0 Å².